The topological polar surface area (TPSA) is 37.3 Å². The number of carbonyl (C=O) groups excluding carboxylic acids is 1. The number of phenolic OH excluding ortho intramolecular Hbond substituents is 1. The Morgan fingerprint density at radius 1 is 0.958 bits per heavy atom. The smallest absolute Gasteiger partial charge is 0.195 e. The van der Waals surface area contributed by atoms with Gasteiger partial charge in [0, 0.05) is 21.6 Å². The predicted octanol–water partition coefficient (Wildman–Crippen LogP) is 6.11. The summed E-state index contributed by atoms with van der Waals surface area (Å²) < 4.78 is 1.24. The van der Waals surface area contributed by atoms with Gasteiger partial charge in [-0.25, -0.2) is 0 Å². The van der Waals surface area contributed by atoms with E-state index in [4.69, 9.17) is 0 Å². The fourth-order valence-electron chi connectivity index (χ4n) is 2.86. The summed E-state index contributed by atoms with van der Waals surface area (Å²) in [6, 6.07) is 13.3. The fraction of sp³-hybridized carbons (Fsp3) is 0. The molecule has 1 aliphatic rings. The molecule has 4 rings (SSSR count). The van der Waals surface area contributed by atoms with Gasteiger partial charge in [0.15, 0.2) is 5.78 Å². The molecular weight excluding hydrogens is 452 g/mol. The van der Waals surface area contributed by atoms with Crippen LogP contribution in [-0.4, -0.2) is 10.9 Å². The standard InChI is InChI=1S/C19H10Br2O2S/c20-15-8-10(9-16(21)18(15)23)7-14-11-3-1-2-4-12(11)17(22)13-5-6-24-19(13)14/h1-9,23H/b14-7-. The fourth-order valence-corrected chi connectivity index (χ4v) is 5.00. The number of rotatable bonds is 1. The Morgan fingerprint density at radius 3 is 2.33 bits per heavy atom. The monoisotopic (exact) mass is 460 g/mol. The zero-order valence-corrected chi connectivity index (χ0v) is 16.2. The number of aromatic hydroxyl groups is 1. The van der Waals surface area contributed by atoms with Gasteiger partial charge in [-0.3, -0.25) is 4.79 Å². The summed E-state index contributed by atoms with van der Waals surface area (Å²) in [7, 11) is 0. The maximum absolute atomic E-state index is 12.7. The average molecular weight is 462 g/mol. The first-order chi connectivity index (χ1) is 11.6. The minimum atomic E-state index is 0.0760. The van der Waals surface area contributed by atoms with Gasteiger partial charge in [0.1, 0.15) is 5.75 Å². The van der Waals surface area contributed by atoms with E-state index in [1.165, 1.54) is 0 Å². The highest BCUT2D eigenvalue weighted by atomic mass is 79.9. The lowest BCUT2D eigenvalue weighted by molar-refractivity contribution is 0.103. The van der Waals surface area contributed by atoms with Gasteiger partial charge in [-0.15, -0.1) is 11.3 Å². The number of fused-ring (bicyclic) bond motifs is 2. The number of ketones is 1. The van der Waals surface area contributed by atoms with Crippen molar-refractivity contribution < 1.29 is 9.90 Å². The van der Waals surface area contributed by atoms with E-state index in [9.17, 15) is 9.90 Å². The highest BCUT2D eigenvalue weighted by Gasteiger charge is 2.27. The van der Waals surface area contributed by atoms with Crippen molar-refractivity contribution in [2.24, 2.45) is 0 Å². The van der Waals surface area contributed by atoms with Crippen molar-refractivity contribution >= 4 is 60.6 Å². The van der Waals surface area contributed by atoms with Crippen molar-refractivity contribution in [3.05, 3.63) is 83.9 Å². The van der Waals surface area contributed by atoms with Crippen LogP contribution in [0.1, 0.15) is 31.9 Å². The lowest BCUT2D eigenvalue weighted by atomic mass is 9.85. The van der Waals surface area contributed by atoms with Crippen molar-refractivity contribution in [2.45, 2.75) is 0 Å². The second-order valence-corrected chi connectivity index (χ2v) is 8.05. The van der Waals surface area contributed by atoms with Crippen LogP contribution in [0.5, 0.6) is 5.75 Å². The van der Waals surface area contributed by atoms with Gasteiger partial charge < -0.3 is 5.11 Å². The molecule has 1 aromatic heterocycles. The van der Waals surface area contributed by atoms with E-state index in [0.717, 1.165) is 32.7 Å². The molecule has 5 heteroatoms. The van der Waals surface area contributed by atoms with E-state index in [-0.39, 0.29) is 11.5 Å². The van der Waals surface area contributed by atoms with Crippen LogP contribution in [0.3, 0.4) is 0 Å². The van der Waals surface area contributed by atoms with E-state index < -0.39 is 0 Å². The summed E-state index contributed by atoms with van der Waals surface area (Å²) in [5.74, 6) is 0.250. The van der Waals surface area contributed by atoms with Crippen LogP contribution in [0.2, 0.25) is 0 Å². The van der Waals surface area contributed by atoms with Crippen LogP contribution < -0.4 is 0 Å². The molecule has 0 atom stereocenters. The maximum Gasteiger partial charge on any atom is 0.195 e. The zero-order valence-electron chi connectivity index (χ0n) is 12.2. The summed E-state index contributed by atoms with van der Waals surface area (Å²) in [6.45, 7) is 0. The predicted molar refractivity (Wildman–Crippen MR) is 105 cm³/mol. The first-order valence-corrected chi connectivity index (χ1v) is 9.64. The number of hydrogen-bond acceptors (Lipinski definition) is 3. The largest absolute Gasteiger partial charge is 0.506 e. The molecule has 0 radical (unpaired) electrons. The number of carbonyl (C=O) groups is 1. The van der Waals surface area contributed by atoms with E-state index in [1.807, 2.05) is 47.8 Å². The zero-order chi connectivity index (χ0) is 16.8. The Bertz CT molecular complexity index is 995. The molecule has 0 bridgehead atoms. The normalized spacial score (nSPS) is 14.6. The number of thiophene rings is 1. The van der Waals surface area contributed by atoms with Crippen molar-refractivity contribution in [3.63, 3.8) is 0 Å². The molecule has 1 N–H and O–H groups in total. The molecule has 1 heterocycles. The van der Waals surface area contributed by atoms with E-state index in [2.05, 4.69) is 37.9 Å². The molecule has 0 saturated carbocycles. The molecule has 24 heavy (non-hydrogen) atoms. The van der Waals surface area contributed by atoms with Gasteiger partial charge in [0.2, 0.25) is 0 Å². The van der Waals surface area contributed by atoms with Crippen molar-refractivity contribution in [2.75, 3.05) is 0 Å². The van der Waals surface area contributed by atoms with Gasteiger partial charge in [-0.2, -0.15) is 0 Å². The summed E-state index contributed by atoms with van der Waals surface area (Å²) in [5, 5.41) is 11.8. The van der Waals surface area contributed by atoms with Crippen LogP contribution >= 0.6 is 43.2 Å². The third-order valence-electron chi connectivity index (χ3n) is 3.97. The van der Waals surface area contributed by atoms with Crippen LogP contribution in [0, 0.1) is 0 Å². The molecule has 0 spiro atoms. The van der Waals surface area contributed by atoms with Gasteiger partial charge in [0.05, 0.1) is 8.95 Å². The van der Waals surface area contributed by atoms with Gasteiger partial charge in [0.25, 0.3) is 0 Å². The van der Waals surface area contributed by atoms with Crippen LogP contribution in [0.25, 0.3) is 11.6 Å². The minimum Gasteiger partial charge on any atom is -0.506 e. The molecule has 0 unspecified atom stereocenters. The molecular formula is C19H10Br2O2S. The van der Waals surface area contributed by atoms with E-state index in [1.54, 1.807) is 11.3 Å². The summed E-state index contributed by atoms with van der Waals surface area (Å²) in [6.07, 6.45) is 2.05. The highest BCUT2D eigenvalue weighted by molar-refractivity contribution is 9.11. The third kappa shape index (κ3) is 2.48. The molecule has 0 aliphatic heterocycles. The third-order valence-corrected chi connectivity index (χ3v) is 6.12. The molecule has 1 aliphatic carbocycles. The van der Waals surface area contributed by atoms with Crippen molar-refractivity contribution in [1.82, 2.24) is 0 Å². The quantitative estimate of drug-likeness (QED) is 0.371. The Balaban J connectivity index is 1.97. The minimum absolute atomic E-state index is 0.0760. The highest BCUT2D eigenvalue weighted by Crippen LogP contribution is 2.41. The molecule has 0 fully saturated rings. The van der Waals surface area contributed by atoms with Crippen molar-refractivity contribution in [3.8, 4) is 5.75 Å². The van der Waals surface area contributed by atoms with Crippen LogP contribution in [0.15, 0.2) is 56.8 Å². The molecule has 118 valence electrons. The summed E-state index contributed by atoms with van der Waals surface area (Å²) in [5.41, 5.74) is 4.39. The summed E-state index contributed by atoms with van der Waals surface area (Å²) in [4.78, 5) is 13.6. The van der Waals surface area contributed by atoms with Crippen LogP contribution in [0.4, 0.5) is 0 Å². The molecule has 0 saturated heterocycles. The summed E-state index contributed by atoms with van der Waals surface area (Å²) >= 11 is 8.30. The van der Waals surface area contributed by atoms with Crippen LogP contribution in [-0.2, 0) is 0 Å². The number of benzene rings is 2. The van der Waals surface area contributed by atoms with E-state index >= 15 is 0 Å². The molecule has 0 amide bonds. The number of hydrogen-bond donors (Lipinski definition) is 1. The number of phenols is 1. The second kappa shape index (κ2) is 5.99. The Morgan fingerprint density at radius 2 is 1.62 bits per heavy atom. The lowest BCUT2D eigenvalue weighted by Gasteiger charge is -2.18. The molecule has 2 aromatic carbocycles. The average Bonchev–Trinajstić information content (AvgIpc) is 3.06. The Labute approximate surface area is 159 Å². The lowest BCUT2D eigenvalue weighted by Crippen LogP contribution is -2.11. The number of halogens is 2. The Kier molecular flexibility index (Phi) is 3.95. The van der Waals surface area contributed by atoms with Gasteiger partial charge >= 0.3 is 0 Å². The Hall–Kier alpha value is -1.69. The first kappa shape index (κ1) is 15.8. The van der Waals surface area contributed by atoms with Crippen molar-refractivity contribution in [1.29, 1.82) is 0 Å². The van der Waals surface area contributed by atoms with Gasteiger partial charge in [-0.1, -0.05) is 24.3 Å². The van der Waals surface area contributed by atoms with Gasteiger partial charge in [-0.05, 0) is 72.6 Å². The second-order valence-electron chi connectivity index (χ2n) is 5.43. The maximum atomic E-state index is 12.7. The molecule has 2 nitrogen and oxygen atoms in total. The first-order valence-electron chi connectivity index (χ1n) is 7.18. The van der Waals surface area contributed by atoms with E-state index in [0.29, 0.717) is 8.95 Å². The molecule has 3 aromatic rings. The SMILES string of the molecule is O=C1c2ccccc2/C(=C/c2cc(Br)c(O)c(Br)c2)c2sccc21.